The fourth-order valence-corrected chi connectivity index (χ4v) is 6.20. The van der Waals surface area contributed by atoms with Crippen molar-refractivity contribution < 1.29 is 27.1 Å². The summed E-state index contributed by atoms with van der Waals surface area (Å²) in [6.07, 6.45) is -0.528. The molecule has 1 heterocycles. The molecule has 1 aliphatic rings. The molecule has 1 saturated heterocycles. The van der Waals surface area contributed by atoms with Crippen LogP contribution < -0.4 is 5.32 Å². The lowest BCUT2D eigenvalue weighted by molar-refractivity contribution is -0.158. The number of carbonyl (C=O) groups excluding carboxylic acids is 2. The minimum Gasteiger partial charge on any atom is -0.452 e. The van der Waals surface area contributed by atoms with Crippen molar-refractivity contribution in [3.63, 3.8) is 0 Å². The van der Waals surface area contributed by atoms with E-state index in [1.807, 2.05) is 33.8 Å². The molecule has 0 saturated carbocycles. The van der Waals surface area contributed by atoms with Gasteiger partial charge in [-0.2, -0.15) is 4.31 Å². The number of rotatable bonds is 6. The van der Waals surface area contributed by atoms with E-state index >= 15 is 0 Å². The van der Waals surface area contributed by atoms with Crippen LogP contribution in [0.4, 0.5) is 10.1 Å². The van der Waals surface area contributed by atoms with Crippen molar-refractivity contribution in [2.45, 2.75) is 58.5 Å². The minimum atomic E-state index is -3.71. The summed E-state index contributed by atoms with van der Waals surface area (Å²) in [5, 5.41) is 2.40. The Labute approximate surface area is 200 Å². The fraction of sp³-hybridized carbons (Fsp3) is 0.440. The lowest BCUT2D eigenvalue weighted by atomic mass is 9.98. The summed E-state index contributed by atoms with van der Waals surface area (Å²) < 4.78 is 47.3. The van der Waals surface area contributed by atoms with Gasteiger partial charge in [0, 0.05) is 13.1 Å². The summed E-state index contributed by atoms with van der Waals surface area (Å²) >= 11 is 0. The van der Waals surface area contributed by atoms with Gasteiger partial charge in [-0.1, -0.05) is 18.2 Å². The Morgan fingerprint density at radius 3 is 2.18 bits per heavy atom. The van der Waals surface area contributed by atoms with Gasteiger partial charge in [0.15, 0.2) is 6.10 Å². The van der Waals surface area contributed by atoms with Crippen LogP contribution in [0.1, 0.15) is 42.0 Å². The van der Waals surface area contributed by atoms with Gasteiger partial charge in [-0.15, -0.1) is 0 Å². The molecule has 1 atom stereocenters. The van der Waals surface area contributed by atoms with Gasteiger partial charge in [0.25, 0.3) is 5.91 Å². The number of anilines is 1. The number of amides is 1. The highest BCUT2D eigenvalue weighted by atomic mass is 32.2. The summed E-state index contributed by atoms with van der Waals surface area (Å²) in [7, 11) is -3.71. The number of nitrogens with zero attached hydrogens (tertiary/aromatic N) is 1. The third-order valence-corrected chi connectivity index (χ3v) is 8.65. The largest absolute Gasteiger partial charge is 0.452 e. The van der Waals surface area contributed by atoms with E-state index in [-0.39, 0.29) is 18.8 Å². The second-order valence-corrected chi connectivity index (χ2v) is 10.7. The monoisotopic (exact) mass is 490 g/mol. The number of para-hydroxylation sites is 1. The van der Waals surface area contributed by atoms with E-state index < -0.39 is 39.7 Å². The SMILES string of the molecule is Cc1cc(C)c(C)c(S(=O)(=O)N2CCC(C(=O)OC(C)C(=O)Nc3ccccc3F)CC2)c1C. The highest BCUT2D eigenvalue weighted by molar-refractivity contribution is 7.89. The summed E-state index contributed by atoms with van der Waals surface area (Å²) in [5.74, 6) is -2.31. The fourth-order valence-electron chi connectivity index (χ4n) is 4.15. The van der Waals surface area contributed by atoms with Crippen LogP contribution in [-0.2, 0) is 24.3 Å². The maximum Gasteiger partial charge on any atom is 0.309 e. The van der Waals surface area contributed by atoms with Gasteiger partial charge in [0.1, 0.15) is 5.82 Å². The third kappa shape index (κ3) is 5.31. The minimum absolute atomic E-state index is 0.00545. The van der Waals surface area contributed by atoms with E-state index in [0.717, 1.165) is 22.3 Å². The molecule has 1 aliphatic heterocycles. The zero-order valence-electron chi connectivity index (χ0n) is 20.1. The molecule has 1 amide bonds. The molecule has 0 aliphatic carbocycles. The van der Waals surface area contributed by atoms with E-state index in [9.17, 15) is 22.4 Å². The van der Waals surface area contributed by atoms with Gasteiger partial charge in [0.05, 0.1) is 16.5 Å². The number of ether oxygens (including phenoxy) is 1. The van der Waals surface area contributed by atoms with Gasteiger partial charge >= 0.3 is 5.97 Å². The molecule has 0 aromatic heterocycles. The Balaban J connectivity index is 1.62. The first-order valence-corrected chi connectivity index (χ1v) is 12.7. The number of nitrogens with one attached hydrogen (secondary N) is 1. The van der Waals surface area contributed by atoms with Gasteiger partial charge in [-0.25, -0.2) is 12.8 Å². The number of benzene rings is 2. The van der Waals surface area contributed by atoms with Gasteiger partial charge < -0.3 is 10.1 Å². The highest BCUT2D eigenvalue weighted by Crippen LogP contribution is 2.31. The predicted molar refractivity (Wildman–Crippen MR) is 127 cm³/mol. The maximum atomic E-state index is 13.7. The molecule has 7 nitrogen and oxygen atoms in total. The second kappa shape index (κ2) is 10.2. The predicted octanol–water partition coefficient (Wildman–Crippen LogP) is 4.03. The smallest absolute Gasteiger partial charge is 0.309 e. The van der Waals surface area contributed by atoms with Crippen molar-refractivity contribution in [2.24, 2.45) is 5.92 Å². The summed E-state index contributed by atoms with van der Waals surface area (Å²) in [4.78, 5) is 25.2. The molecule has 3 rings (SSSR count). The molecule has 1 N–H and O–H groups in total. The van der Waals surface area contributed by atoms with E-state index in [2.05, 4.69) is 5.32 Å². The topological polar surface area (TPSA) is 92.8 Å². The van der Waals surface area contributed by atoms with Crippen LogP contribution >= 0.6 is 0 Å². The first-order chi connectivity index (χ1) is 15.9. The van der Waals surface area contributed by atoms with Gasteiger partial charge in [0.2, 0.25) is 10.0 Å². The van der Waals surface area contributed by atoms with E-state index in [4.69, 9.17) is 4.74 Å². The molecule has 1 unspecified atom stereocenters. The van der Waals surface area contributed by atoms with Crippen LogP contribution in [0.5, 0.6) is 0 Å². The molecule has 2 aromatic carbocycles. The Kier molecular flexibility index (Phi) is 7.77. The Morgan fingerprint density at radius 1 is 1.06 bits per heavy atom. The highest BCUT2D eigenvalue weighted by Gasteiger charge is 2.35. The van der Waals surface area contributed by atoms with Crippen molar-refractivity contribution in [3.8, 4) is 0 Å². The number of carbonyl (C=O) groups is 2. The quantitative estimate of drug-likeness (QED) is 0.617. The number of hydrogen-bond donors (Lipinski definition) is 1. The molecular formula is C25H31FN2O5S. The first kappa shape index (κ1) is 25.8. The Hall–Kier alpha value is -2.78. The van der Waals surface area contributed by atoms with Crippen LogP contribution in [0.15, 0.2) is 35.2 Å². The van der Waals surface area contributed by atoms with Crippen LogP contribution in [0, 0.1) is 39.4 Å². The van der Waals surface area contributed by atoms with Crippen LogP contribution in [0.3, 0.4) is 0 Å². The van der Waals surface area contributed by atoms with Crippen LogP contribution in [0.25, 0.3) is 0 Å². The van der Waals surface area contributed by atoms with Crippen LogP contribution in [-0.4, -0.2) is 43.8 Å². The number of hydrogen-bond acceptors (Lipinski definition) is 5. The molecule has 34 heavy (non-hydrogen) atoms. The lowest BCUT2D eigenvalue weighted by Crippen LogP contribution is -2.42. The average Bonchev–Trinajstić information content (AvgIpc) is 2.79. The number of halogens is 1. The zero-order valence-corrected chi connectivity index (χ0v) is 21.0. The molecular weight excluding hydrogens is 459 g/mol. The zero-order chi connectivity index (χ0) is 25.2. The second-order valence-electron chi connectivity index (χ2n) is 8.82. The molecule has 9 heteroatoms. The van der Waals surface area contributed by atoms with E-state index in [0.29, 0.717) is 17.7 Å². The molecule has 0 spiro atoms. The summed E-state index contributed by atoms with van der Waals surface area (Å²) in [5.41, 5.74) is 3.31. The molecule has 1 fully saturated rings. The number of sulfonamides is 1. The lowest BCUT2D eigenvalue weighted by Gasteiger charge is -2.31. The normalized spacial score (nSPS) is 16.2. The summed E-state index contributed by atoms with van der Waals surface area (Å²) in [6.45, 7) is 9.20. The average molecular weight is 491 g/mol. The van der Waals surface area contributed by atoms with Gasteiger partial charge in [-0.05, 0) is 81.8 Å². The number of esters is 1. The van der Waals surface area contributed by atoms with Crippen molar-refractivity contribution in [1.29, 1.82) is 0 Å². The van der Waals surface area contributed by atoms with Gasteiger partial charge in [-0.3, -0.25) is 9.59 Å². The molecule has 0 bridgehead atoms. The van der Waals surface area contributed by atoms with Crippen molar-refractivity contribution in [2.75, 3.05) is 18.4 Å². The Morgan fingerprint density at radius 2 is 1.62 bits per heavy atom. The first-order valence-electron chi connectivity index (χ1n) is 11.3. The van der Waals surface area contributed by atoms with E-state index in [1.54, 1.807) is 6.07 Å². The number of aryl methyl sites for hydroxylation is 2. The Bertz CT molecular complexity index is 1180. The van der Waals surface area contributed by atoms with Crippen molar-refractivity contribution in [1.82, 2.24) is 4.31 Å². The third-order valence-electron chi connectivity index (χ3n) is 6.48. The standard InChI is InChI=1S/C25H31FN2O5S/c1-15-14-16(2)18(4)23(17(15)3)34(31,32)28-12-10-20(11-13-28)25(30)33-19(5)24(29)27-22-9-7-6-8-21(22)26/h6-9,14,19-20H,10-13H2,1-5H3,(H,27,29). The van der Waals surface area contributed by atoms with Crippen LogP contribution in [0.2, 0.25) is 0 Å². The van der Waals surface area contributed by atoms with Crippen molar-refractivity contribution in [3.05, 3.63) is 58.4 Å². The van der Waals surface area contributed by atoms with Crippen molar-refractivity contribution >= 4 is 27.6 Å². The summed E-state index contributed by atoms with van der Waals surface area (Å²) in [6, 6.07) is 7.70. The molecule has 2 aromatic rings. The number of piperidine rings is 1. The van der Waals surface area contributed by atoms with E-state index in [1.165, 1.54) is 29.4 Å². The molecule has 0 radical (unpaired) electrons. The maximum absolute atomic E-state index is 13.7. The molecule has 184 valence electrons.